The fourth-order valence-electron chi connectivity index (χ4n) is 3.14. The van der Waals surface area contributed by atoms with Gasteiger partial charge < -0.3 is 10.1 Å². The van der Waals surface area contributed by atoms with E-state index in [-0.39, 0.29) is 5.91 Å². The van der Waals surface area contributed by atoms with Crippen molar-refractivity contribution in [2.75, 3.05) is 33.2 Å². The molecule has 0 saturated carbocycles. The predicted molar refractivity (Wildman–Crippen MR) is 104 cm³/mol. The Hall–Kier alpha value is -2.80. The molecule has 0 aromatic heterocycles. The van der Waals surface area contributed by atoms with Gasteiger partial charge in [0, 0.05) is 38.0 Å². The van der Waals surface area contributed by atoms with Gasteiger partial charge in [-0.3, -0.25) is 14.7 Å². The van der Waals surface area contributed by atoms with Crippen molar-refractivity contribution in [1.82, 2.24) is 10.2 Å². The Balaban J connectivity index is 1.82. The van der Waals surface area contributed by atoms with Crippen LogP contribution < -0.4 is 10.1 Å². The summed E-state index contributed by atoms with van der Waals surface area (Å²) in [6.45, 7) is 4.67. The molecule has 5 nitrogen and oxygen atoms in total. The molecule has 0 saturated heterocycles. The van der Waals surface area contributed by atoms with Gasteiger partial charge in [-0.2, -0.15) is 0 Å². The minimum atomic E-state index is -0.905. The van der Waals surface area contributed by atoms with Crippen LogP contribution in [0.15, 0.2) is 47.5 Å². The van der Waals surface area contributed by atoms with Gasteiger partial charge in [0.25, 0.3) is 5.91 Å². The molecule has 0 bridgehead atoms. The molecule has 1 aliphatic rings. The van der Waals surface area contributed by atoms with Crippen LogP contribution in [0.5, 0.6) is 5.75 Å². The van der Waals surface area contributed by atoms with Crippen molar-refractivity contribution in [3.8, 4) is 5.75 Å². The molecule has 1 unspecified atom stereocenters. The molecule has 0 fully saturated rings. The number of carbonyl (C=O) groups is 1. The van der Waals surface area contributed by atoms with E-state index in [1.807, 2.05) is 6.92 Å². The second-order valence-corrected chi connectivity index (χ2v) is 6.74. The minimum absolute atomic E-state index is 0.188. The van der Waals surface area contributed by atoms with Crippen molar-refractivity contribution in [3.63, 3.8) is 0 Å². The van der Waals surface area contributed by atoms with Gasteiger partial charge >= 0.3 is 0 Å². The fraction of sp³-hybridized carbons (Fsp3) is 0.333. The predicted octanol–water partition coefficient (Wildman–Crippen LogP) is 3.22. The molecule has 1 amide bonds. The summed E-state index contributed by atoms with van der Waals surface area (Å²) in [7, 11) is 1.57. The lowest BCUT2D eigenvalue weighted by molar-refractivity contribution is 0.0963. The zero-order valence-corrected chi connectivity index (χ0v) is 15.9. The third kappa shape index (κ3) is 4.92. The lowest BCUT2D eigenvalue weighted by atomic mass is 10.1. The number of rotatable bonds is 6. The second kappa shape index (κ2) is 8.93. The molecule has 2 aromatic carbocycles. The van der Waals surface area contributed by atoms with Gasteiger partial charge in [0.1, 0.15) is 11.9 Å². The van der Waals surface area contributed by atoms with Crippen molar-refractivity contribution < 1.29 is 18.3 Å². The lowest BCUT2D eigenvalue weighted by Gasteiger charge is -2.30. The van der Waals surface area contributed by atoms with Crippen LogP contribution in [0.25, 0.3) is 0 Å². The van der Waals surface area contributed by atoms with Crippen LogP contribution in [-0.4, -0.2) is 49.7 Å². The smallest absolute Gasteiger partial charge is 0.251 e. The SMILES string of the molecule is CNC(=O)c1ccc(OC(CN2CCN=C(C)C2)c2ccc(F)c(F)c2)cc1. The number of carbonyl (C=O) groups excluding carboxylic acids is 1. The van der Waals surface area contributed by atoms with Crippen LogP contribution in [0.2, 0.25) is 0 Å². The van der Waals surface area contributed by atoms with Crippen LogP contribution in [0.1, 0.15) is 28.9 Å². The first-order chi connectivity index (χ1) is 13.5. The molecule has 3 rings (SSSR count). The Morgan fingerprint density at radius 2 is 1.96 bits per heavy atom. The molecule has 1 N–H and O–H groups in total. The molecule has 1 atom stereocenters. The molecule has 1 aliphatic heterocycles. The van der Waals surface area contributed by atoms with Crippen molar-refractivity contribution in [2.24, 2.45) is 4.99 Å². The number of aliphatic imine (C=N–C) groups is 1. The van der Waals surface area contributed by atoms with Gasteiger partial charge in [-0.15, -0.1) is 0 Å². The van der Waals surface area contributed by atoms with E-state index in [0.29, 0.717) is 36.5 Å². The van der Waals surface area contributed by atoms with Crippen molar-refractivity contribution in [2.45, 2.75) is 13.0 Å². The van der Waals surface area contributed by atoms with Crippen molar-refractivity contribution in [1.29, 1.82) is 0 Å². The van der Waals surface area contributed by atoms with Gasteiger partial charge in [-0.05, 0) is 48.9 Å². The van der Waals surface area contributed by atoms with E-state index in [0.717, 1.165) is 18.3 Å². The Morgan fingerprint density at radius 1 is 1.21 bits per heavy atom. The molecule has 148 valence electrons. The third-order valence-corrected chi connectivity index (χ3v) is 4.61. The molecular weight excluding hydrogens is 364 g/mol. The summed E-state index contributed by atoms with van der Waals surface area (Å²) in [4.78, 5) is 18.2. The average Bonchev–Trinajstić information content (AvgIpc) is 2.69. The topological polar surface area (TPSA) is 53.9 Å². The summed E-state index contributed by atoms with van der Waals surface area (Å²) in [5.41, 5.74) is 2.10. The number of hydrogen-bond donors (Lipinski definition) is 1. The summed E-state index contributed by atoms with van der Waals surface area (Å²) in [5.74, 6) is -1.44. The molecule has 0 radical (unpaired) electrons. The van der Waals surface area contributed by atoms with Crippen LogP contribution >= 0.6 is 0 Å². The highest BCUT2D eigenvalue weighted by Crippen LogP contribution is 2.25. The van der Waals surface area contributed by atoms with E-state index in [9.17, 15) is 13.6 Å². The number of nitrogens with one attached hydrogen (secondary N) is 1. The number of benzene rings is 2. The lowest BCUT2D eigenvalue weighted by Crippen LogP contribution is -2.39. The van der Waals surface area contributed by atoms with E-state index in [1.165, 1.54) is 12.1 Å². The normalized spacial score (nSPS) is 15.6. The molecule has 0 spiro atoms. The summed E-state index contributed by atoms with van der Waals surface area (Å²) in [6, 6.07) is 10.5. The number of hydrogen-bond acceptors (Lipinski definition) is 4. The van der Waals surface area contributed by atoms with E-state index in [2.05, 4.69) is 15.2 Å². The van der Waals surface area contributed by atoms with Gasteiger partial charge in [-0.25, -0.2) is 8.78 Å². The maximum Gasteiger partial charge on any atom is 0.251 e. The van der Waals surface area contributed by atoms with E-state index in [4.69, 9.17) is 4.74 Å². The molecular formula is C21H23F2N3O2. The molecule has 2 aromatic rings. The number of amides is 1. The molecule has 7 heteroatoms. The monoisotopic (exact) mass is 387 g/mol. The first kappa shape index (κ1) is 19.9. The zero-order valence-electron chi connectivity index (χ0n) is 15.9. The highest BCUT2D eigenvalue weighted by atomic mass is 19.2. The Kier molecular flexibility index (Phi) is 6.36. The first-order valence-electron chi connectivity index (χ1n) is 9.12. The summed E-state index contributed by atoms with van der Waals surface area (Å²) < 4.78 is 33.3. The number of halogens is 2. The molecule has 0 aliphatic carbocycles. The van der Waals surface area contributed by atoms with Gasteiger partial charge in [0.05, 0.1) is 6.54 Å². The third-order valence-electron chi connectivity index (χ3n) is 4.61. The minimum Gasteiger partial charge on any atom is -0.484 e. The van der Waals surface area contributed by atoms with Crippen LogP contribution in [0.4, 0.5) is 8.78 Å². The zero-order chi connectivity index (χ0) is 20.1. The van der Waals surface area contributed by atoms with Crippen molar-refractivity contribution >= 4 is 11.6 Å². The fourth-order valence-corrected chi connectivity index (χ4v) is 3.14. The second-order valence-electron chi connectivity index (χ2n) is 6.74. The number of ether oxygens (including phenoxy) is 1. The van der Waals surface area contributed by atoms with Crippen molar-refractivity contribution in [3.05, 3.63) is 65.2 Å². The van der Waals surface area contributed by atoms with Crippen LogP contribution in [0, 0.1) is 11.6 Å². The van der Waals surface area contributed by atoms with Gasteiger partial charge in [0.15, 0.2) is 11.6 Å². The Bertz CT molecular complexity index is 868. The maximum atomic E-state index is 13.8. The van der Waals surface area contributed by atoms with Gasteiger partial charge in [0.2, 0.25) is 0 Å². The van der Waals surface area contributed by atoms with E-state index in [1.54, 1.807) is 31.3 Å². The Labute approximate surface area is 163 Å². The Morgan fingerprint density at radius 3 is 2.61 bits per heavy atom. The summed E-state index contributed by atoms with van der Waals surface area (Å²) in [6.07, 6.45) is -0.494. The quantitative estimate of drug-likeness (QED) is 0.828. The first-order valence-corrected chi connectivity index (χ1v) is 9.12. The highest BCUT2D eigenvalue weighted by Gasteiger charge is 2.21. The summed E-state index contributed by atoms with van der Waals surface area (Å²) >= 11 is 0. The van der Waals surface area contributed by atoms with E-state index >= 15 is 0 Å². The molecule has 1 heterocycles. The van der Waals surface area contributed by atoms with Crippen LogP contribution in [-0.2, 0) is 0 Å². The highest BCUT2D eigenvalue weighted by molar-refractivity contribution is 5.94. The molecule has 28 heavy (non-hydrogen) atoms. The largest absolute Gasteiger partial charge is 0.484 e. The summed E-state index contributed by atoms with van der Waals surface area (Å²) in [5, 5.41) is 2.56. The number of nitrogens with zero attached hydrogens (tertiary/aromatic N) is 2. The van der Waals surface area contributed by atoms with E-state index < -0.39 is 17.7 Å². The van der Waals surface area contributed by atoms with Crippen LogP contribution in [0.3, 0.4) is 0 Å². The average molecular weight is 387 g/mol. The maximum absolute atomic E-state index is 13.8. The standard InChI is InChI=1S/C21H23F2N3O2/c1-14-12-26(10-9-25-14)13-20(16-5-8-18(22)19(23)11-16)28-17-6-3-15(4-7-17)21(27)24-2/h3-8,11,20H,9-10,12-13H2,1-2H3,(H,24,27). The van der Waals surface area contributed by atoms with Gasteiger partial charge in [-0.1, -0.05) is 6.07 Å².